The van der Waals surface area contributed by atoms with E-state index in [-0.39, 0.29) is 0 Å². The zero-order valence-electron chi connectivity index (χ0n) is 10.3. The van der Waals surface area contributed by atoms with Crippen molar-refractivity contribution in [2.75, 3.05) is 5.73 Å². The second-order valence-corrected chi connectivity index (χ2v) is 5.70. The molecular weight excluding hydrogens is 244 g/mol. The number of hydrogen-bond donors (Lipinski definition) is 1. The van der Waals surface area contributed by atoms with Crippen LogP contribution in [0.4, 0.5) is 5.88 Å². The van der Waals surface area contributed by atoms with Crippen molar-refractivity contribution in [3.05, 3.63) is 35.9 Å². The van der Waals surface area contributed by atoms with E-state index < -0.39 is 0 Å². The van der Waals surface area contributed by atoms with Crippen molar-refractivity contribution in [3.63, 3.8) is 0 Å². The molecule has 0 aliphatic carbocycles. The van der Waals surface area contributed by atoms with Gasteiger partial charge in [0.1, 0.15) is 5.69 Å². The lowest BCUT2D eigenvalue weighted by Gasteiger charge is -2.02. The minimum atomic E-state index is 0.302. The van der Waals surface area contributed by atoms with Gasteiger partial charge in [-0.3, -0.25) is 0 Å². The first-order chi connectivity index (χ1) is 8.66. The molecule has 3 rings (SSSR count). The molecule has 0 atom stereocenters. The number of benzene rings is 1. The van der Waals surface area contributed by atoms with E-state index >= 15 is 0 Å². The van der Waals surface area contributed by atoms with Gasteiger partial charge >= 0.3 is 0 Å². The van der Waals surface area contributed by atoms with Crippen LogP contribution in [0.25, 0.3) is 20.7 Å². The molecule has 0 aliphatic heterocycles. The van der Waals surface area contributed by atoms with Gasteiger partial charge in [0.25, 0.3) is 0 Å². The fourth-order valence-corrected chi connectivity index (χ4v) is 3.20. The third kappa shape index (κ3) is 1.69. The van der Waals surface area contributed by atoms with Gasteiger partial charge in [0.2, 0.25) is 5.88 Å². The van der Waals surface area contributed by atoms with Crippen molar-refractivity contribution in [2.24, 2.45) is 0 Å². The van der Waals surface area contributed by atoms with Crippen molar-refractivity contribution < 1.29 is 4.52 Å². The Morgan fingerprint density at radius 1 is 1.28 bits per heavy atom. The molecule has 0 radical (unpaired) electrons. The lowest BCUT2D eigenvalue weighted by atomic mass is 10.0. The zero-order chi connectivity index (χ0) is 12.7. The Hall–Kier alpha value is -1.81. The van der Waals surface area contributed by atoms with Gasteiger partial charge in [-0.1, -0.05) is 37.2 Å². The SMILES string of the molecule is CC(C)c1c(-c2cc3ccccc3s2)noc1N. The van der Waals surface area contributed by atoms with Gasteiger partial charge in [-0.15, -0.1) is 11.3 Å². The molecule has 18 heavy (non-hydrogen) atoms. The van der Waals surface area contributed by atoms with E-state index in [4.69, 9.17) is 10.3 Å². The molecule has 2 aromatic heterocycles. The van der Waals surface area contributed by atoms with Crippen LogP contribution in [0.15, 0.2) is 34.9 Å². The lowest BCUT2D eigenvalue weighted by molar-refractivity contribution is 0.438. The maximum Gasteiger partial charge on any atom is 0.226 e. The molecule has 3 nitrogen and oxygen atoms in total. The van der Waals surface area contributed by atoms with Crippen molar-refractivity contribution in [3.8, 4) is 10.6 Å². The summed E-state index contributed by atoms with van der Waals surface area (Å²) in [5.41, 5.74) is 7.73. The summed E-state index contributed by atoms with van der Waals surface area (Å²) in [6, 6.07) is 10.4. The largest absolute Gasteiger partial charge is 0.367 e. The average Bonchev–Trinajstić information content (AvgIpc) is 2.91. The first-order valence-corrected chi connectivity index (χ1v) is 6.72. The van der Waals surface area contributed by atoms with Crippen LogP contribution >= 0.6 is 11.3 Å². The number of nitrogens with zero attached hydrogens (tertiary/aromatic N) is 1. The quantitative estimate of drug-likeness (QED) is 0.747. The highest BCUT2D eigenvalue weighted by molar-refractivity contribution is 7.22. The highest BCUT2D eigenvalue weighted by atomic mass is 32.1. The van der Waals surface area contributed by atoms with Crippen molar-refractivity contribution in [2.45, 2.75) is 19.8 Å². The second kappa shape index (κ2) is 4.14. The minimum Gasteiger partial charge on any atom is -0.367 e. The number of rotatable bonds is 2. The molecule has 0 bridgehead atoms. The minimum absolute atomic E-state index is 0.302. The third-order valence-corrected chi connectivity index (χ3v) is 4.11. The van der Waals surface area contributed by atoms with Gasteiger partial charge in [0.05, 0.1) is 4.88 Å². The molecule has 0 spiro atoms. The fraction of sp³-hybridized carbons (Fsp3) is 0.214. The van der Waals surface area contributed by atoms with E-state index in [9.17, 15) is 0 Å². The highest BCUT2D eigenvalue weighted by Crippen LogP contribution is 2.38. The van der Waals surface area contributed by atoms with E-state index in [1.165, 1.54) is 10.1 Å². The van der Waals surface area contributed by atoms with Gasteiger partial charge in [-0.05, 0) is 23.4 Å². The molecule has 0 fully saturated rings. The smallest absolute Gasteiger partial charge is 0.226 e. The number of nitrogen functional groups attached to an aromatic ring is 1. The molecular formula is C14H14N2OS. The molecule has 0 saturated heterocycles. The zero-order valence-corrected chi connectivity index (χ0v) is 11.1. The van der Waals surface area contributed by atoms with Crippen molar-refractivity contribution in [1.82, 2.24) is 5.16 Å². The maximum absolute atomic E-state index is 5.85. The summed E-state index contributed by atoms with van der Waals surface area (Å²) < 4.78 is 6.40. The van der Waals surface area contributed by atoms with Crippen LogP contribution in [0.3, 0.4) is 0 Å². The number of hydrogen-bond acceptors (Lipinski definition) is 4. The summed E-state index contributed by atoms with van der Waals surface area (Å²) in [7, 11) is 0. The van der Waals surface area contributed by atoms with Gasteiger partial charge in [0, 0.05) is 10.3 Å². The summed E-state index contributed by atoms with van der Waals surface area (Å²) in [6.45, 7) is 4.19. The van der Waals surface area contributed by atoms with Crippen LogP contribution in [0.5, 0.6) is 0 Å². The standard InChI is InChI=1S/C14H14N2OS/c1-8(2)12-13(16-17-14(12)15)11-7-9-5-3-4-6-10(9)18-11/h3-8H,15H2,1-2H3. The molecule has 4 heteroatoms. The Bertz CT molecular complexity index is 664. The Morgan fingerprint density at radius 2 is 2.06 bits per heavy atom. The summed E-state index contributed by atoms with van der Waals surface area (Å²) >= 11 is 1.72. The first kappa shape index (κ1) is 11.3. The van der Waals surface area contributed by atoms with E-state index in [0.29, 0.717) is 11.8 Å². The van der Waals surface area contributed by atoms with Crippen LogP contribution in [-0.4, -0.2) is 5.16 Å². The van der Waals surface area contributed by atoms with Gasteiger partial charge in [-0.2, -0.15) is 0 Å². The molecule has 2 heterocycles. The molecule has 2 N–H and O–H groups in total. The molecule has 92 valence electrons. The molecule has 3 aromatic rings. The third-order valence-electron chi connectivity index (χ3n) is 2.99. The van der Waals surface area contributed by atoms with Crippen LogP contribution in [0.1, 0.15) is 25.3 Å². The topological polar surface area (TPSA) is 52.0 Å². The summed E-state index contributed by atoms with van der Waals surface area (Å²) in [5.74, 6) is 0.730. The number of fused-ring (bicyclic) bond motifs is 1. The molecule has 0 aliphatic rings. The monoisotopic (exact) mass is 258 g/mol. The van der Waals surface area contributed by atoms with E-state index in [2.05, 4.69) is 37.2 Å². The van der Waals surface area contributed by atoms with Crippen molar-refractivity contribution in [1.29, 1.82) is 0 Å². The lowest BCUT2D eigenvalue weighted by Crippen LogP contribution is -1.93. The van der Waals surface area contributed by atoms with E-state index in [1.807, 2.05) is 12.1 Å². The van der Waals surface area contributed by atoms with Crippen molar-refractivity contribution >= 4 is 27.3 Å². The number of aromatic nitrogens is 1. The normalized spacial score (nSPS) is 11.5. The number of anilines is 1. The highest BCUT2D eigenvalue weighted by Gasteiger charge is 2.19. The Labute approximate surface area is 109 Å². The molecule has 1 aromatic carbocycles. The molecule has 0 saturated carbocycles. The van der Waals surface area contributed by atoms with E-state index in [1.54, 1.807) is 11.3 Å². The number of nitrogens with two attached hydrogens (primary N) is 1. The summed E-state index contributed by atoms with van der Waals surface area (Å²) in [5, 5.41) is 5.34. The van der Waals surface area contributed by atoms with Crippen LogP contribution in [0.2, 0.25) is 0 Å². The maximum atomic E-state index is 5.85. The molecule has 0 unspecified atom stereocenters. The van der Waals surface area contributed by atoms with Crippen LogP contribution in [0, 0.1) is 0 Å². The summed E-state index contributed by atoms with van der Waals surface area (Å²) in [4.78, 5) is 1.11. The predicted molar refractivity (Wildman–Crippen MR) is 75.8 cm³/mol. The Kier molecular flexibility index (Phi) is 2.59. The first-order valence-electron chi connectivity index (χ1n) is 5.91. The van der Waals surface area contributed by atoms with Gasteiger partial charge in [0.15, 0.2) is 0 Å². The fourth-order valence-electron chi connectivity index (χ4n) is 2.14. The number of thiophene rings is 1. The van der Waals surface area contributed by atoms with E-state index in [0.717, 1.165) is 16.1 Å². The van der Waals surface area contributed by atoms with Gasteiger partial charge in [-0.25, -0.2) is 0 Å². The predicted octanol–water partition coefficient (Wildman–Crippen LogP) is 4.26. The average molecular weight is 258 g/mol. The second-order valence-electron chi connectivity index (χ2n) is 4.61. The van der Waals surface area contributed by atoms with Crippen LogP contribution in [-0.2, 0) is 0 Å². The molecule has 0 amide bonds. The summed E-state index contributed by atoms with van der Waals surface area (Å²) in [6.07, 6.45) is 0. The Balaban J connectivity index is 2.20. The van der Waals surface area contributed by atoms with Crippen LogP contribution < -0.4 is 5.73 Å². The van der Waals surface area contributed by atoms with Gasteiger partial charge < -0.3 is 10.3 Å². The Morgan fingerprint density at radius 3 is 2.78 bits per heavy atom.